The van der Waals surface area contributed by atoms with Crippen molar-refractivity contribution in [3.8, 4) is 0 Å². The molecule has 33 heavy (non-hydrogen) atoms. The van der Waals surface area contributed by atoms with Crippen LogP contribution in [0.5, 0.6) is 0 Å². The number of pyridine rings is 1. The van der Waals surface area contributed by atoms with E-state index in [0.717, 1.165) is 25.7 Å². The van der Waals surface area contributed by atoms with Crippen LogP contribution in [0.15, 0.2) is 57.8 Å². The molecule has 170 valence electrons. The van der Waals surface area contributed by atoms with E-state index in [2.05, 4.69) is 10.5 Å². The minimum Gasteiger partial charge on any atom is -0.360 e. The van der Waals surface area contributed by atoms with E-state index in [1.54, 1.807) is 29.7 Å². The summed E-state index contributed by atoms with van der Waals surface area (Å²) in [6, 6.07) is 14.6. The number of hydrogen-bond donors (Lipinski definition) is 1. The van der Waals surface area contributed by atoms with Crippen molar-refractivity contribution in [3.63, 3.8) is 0 Å². The molecule has 1 aliphatic carbocycles. The molecule has 0 radical (unpaired) electrons. The lowest BCUT2D eigenvalue weighted by molar-refractivity contribution is 0.0887. The molecule has 2 aromatic carbocycles. The summed E-state index contributed by atoms with van der Waals surface area (Å²) in [4.78, 5) is 27.2. The minimum absolute atomic E-state index is 0.123. The minimum atomic E-state index is -0.511. The third kappa shape index (κ3) is 3.93. The smallest absolute Gasteiger partial charge is 0.265 e. The molecule has 1 saturated carbocycles. The summed E-state index contributed by atoms with van der Waals surface area (Å²) >= 11 is 6.60. The second kappa shape index (κ2) is 9.02. The molecule has 1 fully saturated rings. The molecule has 6 nitrogen and oxygen atoms in total. The Morgan fingerprint density at radius 3 is 2.52 bits per heavy atom. The SMILES string of the molecule is Cc1onc2c1c(=O)n([C@@H](NC(=O)c1ccccc1)C1CCCCCC1)c1cccc(Cl)c21. The van der Waals surface area contributed by atoms with Gasteiger partial charge in [-0.15, -0.1) is 0 Å². The van der Waals surface area contributed by atoms with E-state index in [1.165, 1.54) is 12.8 Å². The van der Waals surface area contributed by atoms with Crippen LogP contribution in [0, 0.1) is 12.8 Å². The highest BCUT2D eigenvalue weighted by molar-refractivity contribution is 6.37. The standard InChI is InChI=1S/C26H26ClN3O3/c1-16-21-23(29-33-16)22-19(27)14-9-15-20(22)30(26(21)32)24(17-10-5-2-3-6-11-17)28-25(31)18-12-7-4-8-13-18/h4,7-9,12-15,17,24H,2-3,5-6,10-11H2,1H3,(H,28,31)/t24-/m1/s1. The van der Waals surface area contributed by atoms with Crippen molar-refractivity contribution < 1.29 is 9.32 Å². The molecule has 1 aliphatic rings. The molecule has 1 amide bonds. The number of aryl methyl sites for hydroxylation is 1. The average molecular weight is 464 g/mol. The van der Waals surface area contributed by atoms with E-state index < -0.39 is 6.17 Å². The number of carbonyl (C=O) groups excluding carboxylic acids is 1. The van der Waals surface area contributed by atoms with E-state index in [-0.39, 0.29) is 17.4 Å². The summed E-state index contributed by atoms with van der Waals surface area (Å²) in [5.41, 5.74) is 1.45. The fraction of sp³-hybridized carbons (Fsp3) is 0.346. The van der Waals surface area contributed by atoms with Gasteiger partial charge in [0.2, 0.25) is 0 Å². The average Bonchev–Trinajstić information content (AvgIpc) is 3.03. The summed E-state index contributed by atoms with van der Waals surface area (Å²) in [6.45, 7) is 1.73. The summed E-state index contributed by atoms with van der Waals surface area (Å²) in [5, 5.41) is 8.91. The third-order valence-corrected chi connectivity index (χ3v) is 7.04. The number of halogens is 1. The van der Waals surface area contributed by atoms with E-state index >= 15 is 0 Å². The van der Waals surface area contributed by atoms with Gasteiger partial charge in [-0.3, -0.25) is 14.2 Å². The number of nitrogens with zero attached hydrogens (tertiary/aromatic N) is 2. The maximum Gasteiger partial charge on any atom is 0.265 e. The molecule has 7 heteroatoms. The zero-order chi connectivity index (χ0) is 22.9. The van der Waals surface area contributed by atoms with Crippen LogP contribution >= 0.6 is 11.6 Å². The molecule has 0 aliphatic heterocycles. The fourth-order valence-electron chi connectivity index (χ4n) is 5.08. The van der Waals surface area contributed by atoms with E-state index in [4.69, 9.17) is 16.1 Å². The maximum atomic E-state index is 13.9. The van der Waals surface area contributed by atoms with Crippen LogP contribution in [0.3, 0.4) is 0 Å². The van der Waals surface area contributed by atoms with Crippen molar-refractivity contribution in [2.75, 3.05) is 0 Å². The van der Waals surface area contributed by atoms with Gasteiger partial charge in [-0.2, -0.15) is 0 Å². The molecule has 4 aromatic rings. The molecule has 1 N–H and O–H groups in total. The van der Waals surface area contributed by atoms with Gasteiger partial charge in [0.25, 0.3) is 11.5 Å². The quantitative estimate of drug-likeness (QED) is 0.376. The second-order valence-corrected chi connectivity index (χ2v) is 9.21. The van der Waals surface area contributed by atoms with Gasteiger partial charge in [-0.05, 0) is 49.9 Å². The van der Waals surface area contributed by atoms with Crippen LogP contribution in [-0.2, 0) is 0 Å². The predicted octanol–water partition coefficient (Wildman–Crippen LogP) is 6.00. The summed E-state index contributed by atoms with van der Waals surface area (Å²) in [5.74, 6) is 0.367. The number of amides is 1. The number of benzene rings is 2. The van der Waals surface area contributed by atoms with Crippen molar-refractivity contribution in [1.29, 1.82) is 0 Å². The normalized spacial score (nSPS) is 16.1. The Hall–Kier alpha value is -3.12. The first kappa shape index (κ1) is 21.7. The molecule has 0 spiro atoms. The molecular formula is C26H26ClN3O3. The molecule has 2 heterocycles. The fourth-order valence-corrected chi connectivity index (χ4v) is 5.33. The number of rotatable bonds is 4. The van der Waals surface area contributed by atoms with Gasteiger partial charge in [-0.1, -0.05) is 66.7 Å². The van der Waals surface area contributed by atoms with Gasteiger partial charge >= 0.3 is 0 Å². The Bertz CT molecular complexity index is 1370. The van der Waals surface area contributed by atoms with Crippen molar-refractivity contribution in [2.45, 2.75) is 51.6 Å². The highest BCUT2D eigenvalue weighted by atomic mass is 35.5. The first-order valence-electron chi connectivity index (χ1n) is 11.5. The zero-order valence-corrected chi connectivity index (χ0v) is 19.3. The Morgan fingerprint density at radius 2 is 1.79 bits per heavy atom. The van der Waals surface area contributed by atoms with Gasteiger partial charge in [0.15, 0.2) is 0 Å². The summed E-state index contributed by atoms with van der Waals surface area (Å²) < 4.78 is 7.11. The van der Waals surface area contributed by atoms with Crippen LogP contribution in [0.1, 0.15) is 60.8 Å². The number of hydrogen-bond acceptors (Lipinski definition) is 4. The van der Waals surface area contributed by atoms with Crippen molar-refractivity contribution >= 4 is 39.3 Å². The number of carbonyl (C=O) groups is 1. The Kier molecular flexibility index (Phi) is 5.94. The molecule has 0 unspecified atom stereocenters. The van der Waals surface area contributed by atoms with E-state index in [9.17, 15) is 9.59 Å². The van der Waals surface area contributed by atoms with E-state index in [1.807, 2.05) is 30.3 Å². The largest absolute Gasteiger partial charge is 0.360 e. The molecule has 0 saturated heterocycles. The van der Waals surface area contributed by atoms with Gasteiger partial charge < -0.3 is 9.84 Å². The van der Waals surface area contributed by atoms with Crippen LogP contribution in [0.25, 0.3) is 21.8 Å². The van der Waals surface area contributed by atoms with Gasteiger partial charge in [-0.25, -0.2) is 0 Å². The number of aromatic nitrogens is 2. The zero-order valence-electron chi connectivity index (χ0n) is 18.5. The van der Waals surface area contributed by atoms with Crippen molar-refractivity contribution in [3.05, 3.63) is 75.2 Å². The maximum absolute atomic E-state index is 13.9. The lowest BCUT2D eigenvalue weighted by atomic mass is 9.95. The monoisotopic (exact) mass is 463 g/mol. The van der Waals surface area contributed by atoms with Crippen LogP contribution in [0.2, 0.25) is 5.02 Å². The summed E-state index contributed by atoms with van der Waals surface area (Å²) in [6.07, 6.45) is 5.85. The first-order chi connectivity index (χ1) is 16.1. The van der Waals surface area contributed by atoms with Gasteiger partial charge in [0.1, 0.15) is 22.8 Å². The Morgan fingerprint density at radius 1 is 1.06 bits per heavy atom. The van der Waals surface area contributed by atoms with Crippen LogP contribution in [-0.4, -0.2) is 15.6 Å². The lowest BCUT2D eigenvalue weighted by Crippen LogP contribution is -2.42. The molecule has 1 atom stereocenters. The van der Waals surface area contributed by atoms with Crippen LogP contribution in [0.4, 0.5) is 0 Å². The Labute approximate surface area is 196 Å². The third-order valence-electron chi connectivity index (χ3n) is 6.72. The van der Waals surface area contributed by atoms with Crippen molar-refractivity contribution in [2.24, 2.45) is 5.92 Å². The lowest BCUT2D eigenvalue weighted by Gasteiger charge is -2.30. The van der Waals surface area contributed by atoms with E-state index in [0.29, 0.717) is 38.2 Å². The highest BCUT2D eigenvalue weighted by Gasteiger charge is 2.30. The number of fused-ring (bicyclic) bond motifs is 3. The molecular weight excluding hydrogens is 438 g/mol. The highest BCUT2D eigenvalue weighted by Crippen LogP contribution is 2.35. The van der Waals surface area contributed by atoms with Crippen LogP contribution < -0.4 is 10.9 Å². The molecule has 0 bridgehead atoms. The number of nitrogens with one attached hydrogen (secondary N) is 1. The first-order valence-corrected chi connectivity index (χ1v) is 11.9. The van der Waals surface area contributed by atoms with Gasteiger partial charge in [0.05, 0.1) is 10.5 Å². The van der Waals surface area contributed by atoms with Gasteiger partial charge in [0, 0.05) is 10.9 Å². The summed E-state index contributed by atoms with van der Waals surface area (Å²) in [7, 11) is 0. The van der Waals surface area contributed by atoms with Crippen molar-refractivity contribution in [1.82, 2.24) is 15.0 Å². The second-order valence-electron chi connectivity index (χ2n) is 8.81. The molecule has 5 rings (SSSR count). The topological polar surface area (TPSA) is 77.1 Å². The molecule has 2 aromatic heterocycles. The predicted molar refractivity (Wildman–Crippen MR) is 130 cm³/mol. The Balaban J connectivity index is 1.74.